The molecular formula is C29H38N3O4+. The highest BCUT2D eigenvalue weighted by Gasteiger charge is 2.50. The summed E-state index contributed by atoms with van der Waals surface area (Å²) in [7, 11) is 0. The average Bonchev–Trinajstić information content (AvgIpc) is 2.94. The van der Waals surface area contributed by atoms with E-state index in [2.05, 4.69) is 10.6 Å². The van der Waals surface area contributed by atoms with Crippen molar-refractivity contribution in [3.05, 3.63) is 71.8 Å². The minimum atomic E-state index is -1.86. The van der Waals surface area contributed by atoms with Crippen LogP contribution in [0.5, 0.6) is 0 Å². The highest BCUT2D eigenvalue weighted by Crippen LogP contribution is 2.38. The fourth-order valence-electron chi connectivity index (χ4n) is 6.27. The number of benzene rings is 2. The Morgan fingerprint density at radius 2 is 1.61 bits per heavy atom. The quantitative estimate of drug-likeness (QED) is 0.389. The molecule has 4 heterocycles. The molecule has 2 bridgehead atoms. The first-order valence-corrected chi connectivity index (χ1v) is 13.4. The first-order chi connectivity index (χ1) is 17.5. The second kappa shape index (κ2) is 10.7. The number of rotatable bonds is 8. The number of ether oxygens (including phenoxy) is 1. The van der Waals surface area contributed by atoms with Crippen molar-refractivity contribution in [2.75, 3.05) is 39.3 Å². The van der Waals surface area contributed by atoms with Crippen LogP contribution < -0.4 is 10.6 Å². The number of carbonyl (C=O) groups excluding carboxylic acids is 2. The molecule has 4 saturated heterocycles. The summed E-state index contributed by atoms with van der Waals surface area (Å²) in [6.07, 6.45) is 4.87. The lowest BCUT2D eigenvalue weighted by atomic mass is 9.82. The van der Waals surface area contributed by atoms with E-state index in [0.29, 0.717) is 23.6 Å². The topological polar surface area (TPSA) is 87.7 Å². The van der Waals surface area contributed by atoms with E-state index in [1.165, 1.54) is 0 Å². The van der Waals surface area contributed by atoms with Gasteiger partial charge >= 0.3 is 5.97 Å². The minimum Gasteiger partial charge on any atom is -0.453 e. The van der Waals surface area contributed by atoms with E-state index in [4.69, 9.17) is 4.74 Å². The molecule has 0 unspecified atom stereocenters. The highest BCUT2D eigenvalue weighted by atomic mass is 16.6. The van der Waals surface area contributed by atoms with Crippen molar-refractivity contribution in [2.45, 2.75) is 49.9 Å². The minimum absolute atomic E-state index is 0.0757. The molecule has 2 atom stereocenters. The summed E-state index contributed by atoms with van der Waals surface area (Å²) in [5.74, 6) is -0.210. The first kappa shape index (κ1) is 24.9. The molecular weight excluding hydrogens is 454 g/mol. The van der Waals surface area contributed by atoms with Gasteiger partial charge in [0.2, 0.25) is 11.5 Å². The fourth-order valence-corrected chi connectivity index (χ4v) is 6.27. The van der Waals surface area contributed by atoms with Crippen LogP contribution >= 0.6 is 0 Å². The summed E-state index contributed by atoms with van der Waals surface area (Å²) in [5.41, 5.74) is -0.851. The van der Waals surface area contributed by atoms with Gasteiger partial charge in [0.15, 0.2) is 6.10 Å². The van der Waals surface area contributed by atoms with Gasteiger partial charge in [-0.2, -0.15) is 0 Å². The Balaban J connectivity index is 1.26. The molecule has 7 heteroatoms. The normalized spacial score (nSPS) is 27.9. The average molecular weight is 493 g/mol. The van der Waals surface area contributed by atoms with Crippen LogP contribution in [0.4, 0.5) is 0 Å². The number of piperidine rings is 4. The van der Waals surface area contributed by atoms with Crippen LogP contribution in [0.3, 0.4) is 0 Å². The molecule has 3 N–H and O–H groups in total. The van der Waals surface area contributed by atoms with Crippen molar-refractivity contribution in [1.82, 2.24) is 10.6 Å². The van der Waals surface area contributed by atoms with Crippen molar-refractivity contribution in [3.63, 3.8) is 0 Å². The fraction of sp³-hybridized carbons (Fsp3) is 0.517. The molecule has 7 nitrogen and oxygen atoms in total. The Labute approximate surface area is 213 Å². The number of nitrogens with zero attached hydrogens (tertiary/aromatic N) is 1. The Bertz CT molecular complexity index is 991. The number of fused-ring (bicyclic) bond motifs is 3. The predicted molar refractivity (Wildman–Crippen MR) is 137 cm³/mol. The van der Waals surface area contributed by atoms with E-state index in [-0.39, 0.29) is 18.1 Å². The maximum absolute atomic E-state index is 13.7. The second-order valence-electron chi connectivity index (χ2n) is 10.7. The third kappa shape index (κ3) is 5.05. The van der Waals surface area contributed by atoms with Gasteiger partial charge in [0, 0.05) is 18.8 Å². The zero-order valence-electron chi connectivity index (χ0n) is 20.9. The number of aliphatic hydroxyl groups is 1. The number of carbonyl (C=O) groups is 2. The maximum atomic E-state index is 13.7. The predicted octanol–water partition coefficient (Wildman–Crippen LogP) is 2.33. The van der Waals surface area contributed by atoms with E-state index >= 15 is 0 Å². The van der Waals surface area contributed by atoms with E-state index in [1.807, 2.05) is 36.4 Å². The summed E-state index contributed by atoms with van der Waals surface area (Å²) < 4.78 is 6.99. The zero-order valence-corrected chi connectivity index (χ0v) is 20.9. The lowest BCUT2D eigenvalue weighted by Gasteiger charge is -2.52. The molecule has 4 aliphatic heterocycles. The molecule has 4 fully saturated rings. The smallest absolute Gasteiger partial charge is 0.348 e. The molecule has 6 rings (SSSR count). The molecule has 0 saturated carbocycles. The monoisotopic (exact) mass is 492 g/mol. The van der Waals surface area contributed by atoms with Gasteiger partial charge in [-0.15, -0.1) is 0 Å². The standard InChI is InChI=1S/C29H37N3O4/c33-27(25-13-7-8-16-30-25)31-17-20-32-18-14-22(15-19-32)26(21-32)36-28(34)29(35,23-9-3-1-4-10-23)24-11-5-2-6-12-24/h1-6,9-12,22,25-26,30,35H,7-8,13-21H2/p+1/t22?,25-,26-,32?/m0/s1. The lowest BCUT2D eigenvalue weighted by Crippen LogP contribution is -2.66. The summed E-state index contributed by atoms with van der Waals surface area (Å²) in [5, 5.41) is 18.2. The molecule has 0 aliphatic carbocycles. The summed E-state index contributed by atoms with van der Waals surface area (Å²) >= 11 is 0. The van der Waals surface area contributed by atoms with Crippen molar-refractivity contribution in [2.24, 2.45) is 5.92 Å². The van der Waals surface area contributed by atoms with Crippen molar-refractivity contribution in [3.8, 4) is 0 Å². The van der Waals surface area contributed by atoms with Crippen LogP contribution in [0, 0.1) is 5.92 Å². The van der Waals surface area contributed by atoms with Gasteiger partial charge in [-0.25, -0.2) is 4.79 Å². The van der Waals surface area contributed by atoms with E-state index in [9.17, 15) is 14.7 Å². The summed E-state index contributed by atoms with van der Waals surface area (Å²) in [6, 6.07) is 18.0. The molecule has 2 aromatic carbocycles. The first-order valence-electron chi connectivity index (χ1n) is 13.4. The van der Waals surface area contributed by atoms with E-state index < -0.39 is 11.6 Å². The molecule has 4 aliphatic rings. The van der Waals surface area contributed by atoms with Crippen LogP contribution in [0.15, 0.2) is 60.7 Å². The van der Waals surface area contributed by atoms with Gasteiger partial charge in [0.05, 0.1) is 32.2 Å². The molecule has 2 aromatic rings. The molecule has 0 spiro atoms. The molecule has 36 heavy (non-hydrogen) atoms. The van der Waals surface area contributed by atoms with Gasteiger partial charge in [-0.1, -0.05) is 67.1 Å². The third-order valence-corrected chi connectivity index (χ3v) is 8.49. The van der Waals surface area contributed by atoms with Gasteiger partial charge in [-0.05, 0) is 30.5 Å². The number of esters is 1. The number of nitrogens with one attached hydrogen (secondary N) is 2. The van der Waals surface area contributed by atoms with Crippen molar-refractivity contribution in [1.29, 1.82) is 0 Å². The zero-order chi connectivity index (χ0) is 25.0. The molecule has 192 valence electrons. The van der Waals surface area contributed by atoms with Crippen LogP contribution in [0.25, 0.3) is 0 Å². The number of hydrogen-bond donors (Lipinski definition) is 3. The Kier molecular flexibility index (Phi) is 7.42. The largest absolute Gasteiger partial charge is 0.453 e. The number of quaternary nitrogens is 1. The Hall–Kier alpha value is -2.74. The molecule has 0 radical (unpaired) electrons. The summed E-state index contributed by atoms with van der Waals surface area (Å²) in [6.45, 7) is 5.18. The molecule has 1 amide bonds. The number of amides is 1. The Morgan fingerprint density at radius 1 is 0.972 bits per heavy atom. The lowest BCUT2D eigenvalue weighted by molar-refractivity contribution is -0.945. The Morgan fingerprint density at radius 3 is 2.19 bits per heavy atom. The van der Waals surface area contributed by atoms with Gasteiger partial charge in [0.1, 0.15) is 6.54 Å². The summed E-state index contributed by atoms with van der Waals surface area (Å²) in [4.78, 5) is 26.2. The van der Waals surface area contributed by atoms with Gasteiger partial charge in [0.25, 0.3) is 0 Å². The molecule has 0 aromatic heterocycles. The van der Waals surface area contributed by atoms with E-state index in [0.717, 1.165) is 69.3 Å². The van der Waals surface area contributed by atoms with Gasteiger partial charge < -0.3 is 25.0 Å². The second-order valence-corrected chi connectivity index (χ2v) is 10.7. The van der Waals surface area contributed by atoms with Gasteiger partial charge in [-0.3, -0.25) is 4.79 Å². The number of hydrogen-bond acceptors (Lipinski definition) is 5. The van der Waals surface area contributed by atoms with Crippen LogP contribution in [-0.4, -0.2) is 72.9 Å². The van der Waals surface area contributed by atoms with E-state index in [1.54, 1.807) is 24.3 Å². The van der Waals surface area contributed by atoms with Crippen molar-refractivity contribution >= 4 is 11.9 Å². The third-order valence-electron chi connectivity index (χ3n) is 8.49. The van der Waals surface area contributed by atoms with Crippen LogP contribution in [0.1, 0.15) is 43.2 Å². The van der Waals surface area contributed by atoms with Crippen molar-refractivity contribution < 1.29 is 23.9 Å². The highest BCUT2D eigenvalue weighted by molar-refractivity contribution is 5.85. The SMILES string of the molecule is O=C(NCC[N+]12CCC(CC1)[C@@H](OC(=O)C(O)(c1ccccc1)c1ccccc1)C2)[C@@H]1CCCCN1. The maximum Gasteiger partial charge on any atom is 0.348 e. The van der Waals surface area contributed by atoms with Crippen LogP contribution in [-0.2, 0) is 19.9 Å². The van der Waals surface area contributed by atoms with Crippen LogP contribution in [0.2, 0.25) is 0 Å².